The van der Waals surface area contributed by atoms with E-state index in [-0.39, 0.29) is 17.6 Å². The van der Waals surface area contributed by atoms with E-state index in [1.807, 2.05) is 25.1 Å². The number of sulfonamides is 1. The first-order chi connectivity index (χ1) is 13.2. The highest BCUT2D eigenvalue weighted by Crippen LogP contribution is 2.25. The highest BCUT2D eigenvalue weighted by molar-refractivity contribution is 9.10. The summed E-state index contributed by atoms with van der Waals surface area (Å²) in [6, 6.07) is 12.6. The van der Waals surface area contributed by atoms with Gasteiger partial charge in [0.1, 0.15) is 0 Å². The summed E-state index contributed by atoms with van der Waals surface area (Å²) in [4.78, 5) is 12.6. The summed E-state index contributed by atoms with van der Waals surface area (Å²) in [6.07, 6.45) is 1.02. The van der Waals surface area contributed by atoms with Crippen LogP contribution in [0.2, 0.25) is 5.02 Å². The lowest BCUT2D eigenvalue weighted by Gasteiger charge is -2.30. The Hall–Kier alpha value is -1.41. The monoisotopic (exact) mass is 484 g/mol. The average Bonchev–Trinajstić information content (AvgIpc) is 2.64. The fraction of sp³-hybridized carbons (Fsp3) is 0.350. The second-order valence-electron chi connectivity index (χ2n) is 7.01. The van der Waals surface area contributed by atoms with Crippen molar-refractivity contribution in [3.63, 3.8) is 0 Å². The van der Waals surface area contributed by atoms with Gasteiger partial charge >= 0.3 is 0 Å². The Bertz CT molecular complexity index is 973. The summed E-state index contributed by atoms with van der Waals surface area (Å²) < 4.78 is 27.8. The molecule has 1 heterocycles. The van der Waals surface area contributed by atoms with Gasteiger partial charge in [0.05, 0.1) is 5.75 Å². The summed E-state index contributed by atoms with van der Waals surface area (Å²) in [5.74, 6) is -0.311. The fourth-order valence-electron chi connectivity index (χ4n) is 3.33. The zero-order valence-corrected chi connectivity index (χ0v) is 18.6. The number of amides is 1. The smallest absolute Gasteiger partial charge is 0.227 e. The lowest BCUT2D eigenvalue weighted by atomic mass is 9.97. The van der Waals surface area contributed by atoms with Crippen molar-refractivity contribution in [1.82, 2.24) is 4.31 Å². The topological polar surface area (TPSA) is 66.5 Å². The number of halogens is 2. The molecule has 1 N–H and O–H groups in total. The van der Waals surface area contributed by atoms with Crippen LogP contribution in [0.5, 0.6) is 0 Å². The molecule has 0 aromatic heterocycles. The number of carbonyl (C=O) groups excluding carboxylic acids is 1. The molecule has 0 radical (unpaired) electrons. The van der Waals surface area contributed by atoms with Gasteiger partial charge in [-0.05, 0) is 61.2 Å². The molecule has 2 aromatic carbocycles. The minimum absolute atomic E-state index is 0.0345. The zero-order chi connectivity index (χ0) is 20.3. The van der Waals surface area contributed by atoms with Gasteiger partial charge in [-0.15, -0.1) is 0 Å². The molecule has 2 aromatic rings. The van der Waals surface area contributed by atoms with E-state index in [1.54, 1.807) is 24.3 Å². The van der Waals surface area contributed by atoms with Gasteiger partial charge in [-0.2, -0.15) is 0 Å². The highest BCUT2D eigenvalue weighted by atomic mass is 79.9. The Morgan fingerprint density at radius 3 is 2.57 bits per heavy atom. The zero-order valence-electron chi connectivity index (χ0n) is 15.5. The Balaban J connectivity index is 1.58. The molecule has 1 amide bonds. The van der Waals surface area contributed by atoms with Crippen LogP contribution in [0.3, 0.4) is 0 Å². The molecule has 1 aliphatic heterocycles. The third-order valence-corrected chi connectivity index (χ3v) is 7.48. The fourth-order valence-corrected chi connectivity index (χ4v) is 5.55. The molecular formula is C20H22BrClN2O3S. The molecule has 3 rings (SSSR count). The number of benzene rings is 2. The average molecular weight is 486 g/mol. The lowest BCUT2D eigenvalue weighted by Crippen LogP contribution is -2.41. The van der Waals surface area contributed by atoms with Gasteiger partial charge in [-0.1, -0.05) is 39.7 Å². The van der Waals surface area contributed by atoms with E-state index in [1.165, 1.54) is 4.31 Å². The van der Waals surface area contributed by atoms with Crippen molar-refractivity contribution < 1.29 is 13.2 Å². The largest absolute Gasteiger partial charge is 0.326 e. The number of rotatable bonds is 5. The van der Waals surface area contributed by atoms with Gasteiger partial charge in [0, 0.05) is 34.2 Å². The third kappa shape index (κ3) is 5.35. The quantitative estimate of drug-likeness (QED) is 0.673. The van der Waals surface area contributed by atoms with E-state index in [9.17, 15) is 13.2 Å². The number of carbonyl (C=O) groups is 1. The molecule has 28 heavy (non-hydrogen) atoms. The molecule has 0 aliphatic carbocycles. The van der Waals surface area contributed by atoms with Crippen LogP contribution in [0, 0.1) is 12.8 Å². The predicted octanol–water partition coefficient (Wildman–Crippen LogP) is 4.59. The summed E-state index contributed by atoms with van der Waals surface area (Å²) in [5.41, 5.74) is 2.38. The molecule has 0 unspecified atom stereocenters. The number of nitrogens with one attached hydrogen (secondary N) is 1. The van der Waals surface area contributed by atoms with Crippen molar-refractivity contribution >= 4 is 49.1 Å². The third-order valence-electron chi connectivity index (χ3n) is 4.90. The number of hydrogen-bond donors (Lipinski definition) is 1. The Morgan fingerprint density at radius 2 is 1.93 bits per heavy atom. The molecule has 0 saturated carbocycles. The summed E-state index contributed by atoms with van der Waals surface area (Å²) in [5, 5.41) is 3.56. The first-order valence-electron chi connectivity index (χ1n) is 9.04. The SMILES string of the molecule is Cc1cc(Cl)ccc1NC(=O)C1CCN(S(=O)(=O)Cc2cccc(Br)c2)CC1. The normalized spacial score (nSPS) is 16.1. The van der Waals surface area contributed by atoms with Crippen LogP contribution < -0.4 is 5.32 Å². The van der Waals surface area contributed by atoms with Crippen LogP contribution in [0.4, 0.5) is 5.69 Å². The Kier molecular flexibility index (Phi) is 6.81. The van der Waals surface area contributed by atoms with Gasteiger partial charge < -0.3 is 5.32 Å². The summed E-state index contributed by atoms with van der Waals surface area (Å²) in [7, 11) is -3.41. The number of aryl methyl sites for hydroxylation is 1. The number of anilines is 1. The van der Waals surface area contributed by atoms with Crippen molar-refractivity contribution in [2.45, 2.75) is 25.5 Å². The summed E-state index contributed by atoms with van der Waals surface area (Å²) in [6.45, 7) is 2.60. The maximum Gasteiger partial charge on any atom is 0.227 e. The molecule has 0 atom stereocenters. The van der Waals surface area contributed by atoms with Gasteiger partial charge in [0.25, 0.3) is 0 Å². The van der Waals surface area contributed by atoms with Crippen molar-refractivity contribution in [1.29, 1.82) is 0 Å². The standard InChI is InChI=1S/C20H22BrClN2O3S/c1-14-11-18(22)5-6-19(14)23-20(25)16-7-9-24(10-8-16)28(26,27)13-15-3-2-4-17(21)12-15/h2-6,11-12,16H,7-10,13H2,1H3,(H,23,25). The maximum absolute atomic E-state index is 12.7. The minimum Gasteiger partial charge on any atom is -0.326 e. The van der Waals surface area contributed by atoms with Gasteiger partial charge in [-0.25, -0.2) is 12.7 Å². The van der Waals surface area contributed by atoms with Crippen LogP contribution in [0.15, 0.2) is 46.9 Å². The number of piperidine rings is 1. The molecule has 8 heteroatoms. The first-order valence-corrected chi connectivity index (χ1v) is 11.8. The van der Waals surface area contributed by atoms with Crippen LogP contribution in [-0.4, -0.2) is 31.7 Å². The van der Waals surface area contributed by atoms with Crippen molar-refractivity contribution in [3.05, 3.63) is 63.1 Å². The number of nitrogens with zero attached hydrogens (tertiary/aromatic N) is 1. The van der Waals surface area contributed by atoms with Crippen LogP contribution in [-0.2, 0) is 20.6 Å². The molecule has 150 valence electrons. The maximum atomic E-state index is 12.7. The van der Waals surface area contributed by atoms with E-state index in [2.05, 4.69) is 21.2 Å². The van der Waals surface area contributed by atoms with E-state index < -0.39 is 10.0 Å². The van der Waals surface area contributed by atoms with E-state index in [4.69, 9.17) is 11.6 Å². The van der Waals surface area contributed by atoms with E-state index in [0.29, 0.717) is 31.0 Å². The molecule has 1 fully saturated rings. The van der Waals surface area contributed by atoms with Gasteiger partial charge in [0.2, 0.25) is 15.9 Å². The predicted molar refractivity (Wildman–Crippen MR) is 116 cm³/mol. The van der Waals surface area contributed by atoms with E-state index in [0.717, 1.165) is 21.3 Å². The van der Waals surface area contributed by atoms with Crippen LogP contribution >= 0.6 is 27.5 Å². The lowest BCUT2D eigenvalue weighted by molar-refractivity contribution is -0.120. The minimum atomic E-state index is -3.41. The molecule has 0 spiro atoms. The van der Waals surface area contributed by atoms with E-state index >= 15 is 0 Å². The second-order valence-corrected chi connectivity index (χ2v) is 10.3. The summed E-state index contributed by atoms with van der Waals surface area (Å²) >= 11 is 9.32. The highest BCUT2D eigenvalue weighted by Gasteiger charge is 2.31. The van der Waals surface area contributed by atoms with Crippen molar-refractivity contribution in [2.75, 3.05) is 18.4 Å². The van der Waals surface area contributed by atoms with Crippen LogP contribution in [0.25, 0.3) is 0 Å². The Labute approximate surface area is 179 Å². The van der Waals surface area contributed by atoms with Crippen molar-refractivity contribution in [2.24, 2.45) is 5.92 Å². The van der Waals surface area contributed by atoms with Crippen molar-refractivity contribution in [3.8, 4) is 0 Å². The molecule has 1 saturated heterocycles. The molecule has 0 bridgehead atoms. The van der Waals surface area contributed by atoms with Crippen LogP contribution in [0.1, 0.15) is 24.0 Å². The molecule has 1 aliphatic rings. The van der Waals surface area contributed by atoms with Gasteiger partial charge in [0.15, 0.2) is 0 Å². The van der Waals surface area contributed by atoms with Gasteiger partial charge in [-0.3, -0.25) is 4.79 Å². The molecule has 5 nitrogen and oxygen atoms in total. The molecular weight excluding hydrogens is 464 g/mol. The first kappa shape index (κ1) is 21.3. The second kappa shape index (κ2) is 8.95. The number of hydrogen-bond acceptors (Lipinski definition) is 3. The Morgan fingerprint density at radius 1 is 1.21 bits per heavy atom.